The van der Waals surface area contributed by atoms with Crippen molar-refractivity contribution in [2.75, 3.05) is 13.1 Å². The van der Waals surface area contributed by atoms with E-state index in [0.717, 1.165) is 6.54 Å². The summed E-state index contributed by atoms with van der Waals surface area (Å²) < 4.78 is 0. The highest BCUT2D eigenvalue weighted by Crippen LogP contribution is 2.08. The van der Waals surface area contributed by atoms with Crippen molar-refractivity contribution >= 4 is 5.91 Å². The number of carbonyl (C=O) groups excluding carboxylic acids is 1. The second-order valence-electron chi connectivity index (χ2n) is 3.04. The largest absolute Gasteiger partial charge is 0.338 e. The van der Waals surface area contributed by atoms with Gasteiger partial charge in [-0.2, -0.15) is 5.26 Å². The Hall–Kier alpha value is -1.30. The van der Waals surface area contributed by atoms with Gasteiger partial charge in [-0.1, -0.05) is 19.1 Å². The Morgan fingerprint density at radius 3 is 3.17 bits per heavy atom. The molecule has 3 nitrogen and oxygen atoms in total. The average molecular weight is 164 g/mol. The molecule has 0 saturated heterocycles. The SMILES string of the molecule is CC1C=CCN(C(=O)CC#N)C1. The van der Waals surface area contributed by atoms with Gasteiger partial charge in [-0.3, -0.25) is 4.79 Å². The summed E-state index contributed by atoms with van der Waals surface area (Å²) in [5, 5.41) is 8.32. The third-order valence-corrected chi connectivity index (χ3v) is 1.88. The van der Waals surface area contributed by atoms with Crippen LogP contribution in [0.15, 0.2) is 12.2 Å². The molecular weight excluding hydrogens is 152 g/mol. The van der Waals surface area contributed by atoms with Crippen molar-refractivity contribution in [1.29, 1.82) is 5.26 Å². The molecule has 0 saturated carbocycles. The van der Waals surface area contributed by atoms with E-state index in [4.69, 9.17) is 5.26 Å². The fourth-order valence-corrected chi connectivity index (χ4v) is 1.29. The molecule has 0 aromatic heterocycles. The molecular formula is C9H12N2O. The maximum absolute atomic E-state index is 11.2. The van der Waals surface area contributed by atoms with E-state index < -0.39 is 0 Å². The van der Waals surface area contributed by atoms with Crippen LogP contribution in [0.5, 0.6) is 0 Å². The van der Waals surface area contributed by atoms with E-state index in [1.807, 2.05) is 12.1 Å². The molecule has 0 N–H and O–H groups in total. The molecule has 0 spiro atoms. The third kappa shape index (κ3) is 2.09. The molecule has 64 valence electrons. The minimum atomic E-state index is -0.0614. The summed E-state index contributed by atoms with van der Waals surface area (Å²) in [5.41, 5.74) is 0. The zero-order valence-electron chi connectivity index (χ0n) is 7.16. The first-order valence-corrected chi connectivity index (χ1v) is 4.05. The van der Waals surface area contributed by atoms with Gasteiger partial charge in [0.2, 0.25) is 5.91 Å². The molecule has 1 unspecified atom stereocenters. The van der Waals surface area contributed by atoms with Gasteiger partial charge in [0, 0.05) is 13.1 Å². The molecule has 3 heteroatoms. The summed E-state index contributed by atoms with van der Waals surface area (Å²) in [4.78, 5) is 12.9. The Bertz CT molecular complexity index is 239. The Balaban J connectivity index is 2.49. The average Bonchev–Trinajstić information content (AvgIpc) is 2.05. The molecule has 1 atom stereocenters. The molecule has 0 bridgehead atoms. The zero-order chi connectivity index (χ0) is 8.97. The van der Waals surface area contributed by atoms with E-state index in [9.17, 15) is 4.79 Å². The highest BCUT2D eigenvalue weighted by molar-refractivity contribution is 5.78. The number of hydrogen-bond acceptors (Lipinski definition) is 2. The molecule has 1 aliphatic heterocycles. The van der Waals surface area contributed by atoms with Crippen molar-refractivity contribution < 1.29 is 4.79 Å². The van der Waals surface area contributed by atoms with Crippen LogP contribution in [0.25, 0.3) is 0 Å². The van der Waals surface area contributed by atoms with Gasteiger partial charge in [0.15, 0.2) is 0 Å². The Kier molecular flexibility index (Phi) is 2.87. The maximum atomic E-state index is 11.2. The van der Waals surface area contributed by atoms with Crippen molar-refractivity contribution in [2.45, 2.75) is 13.3 Å². The standard InChI is InChI=1S/C9H12N2O/c1-8-3-2-6-11(7-8)9(12)4-5-10/h2-3,8H,4,6-7H2,1H3. The summed E-state index contributed by atoms with van der Waals surface area (Å²) >= 11 is 0. The van der Waals surface area contributed by atoms with Gasteiger partial charge in [-0.25, -0.2) is 0 Å². The lowest BCUT2D eigenvalue weighted by atomic mass is 10.1. The number of carbonyl (C=O) groups is 1. The molecule has 0 radical (unpaired) electrons. The number of rotatable bonds is 1. The predicted octanol–water partition coefficient (Wildman–Crippen LogP) is 0.935. The van der Waals surface area contributed by atoms with Crippen LogP contribution in [0.3, 0.4) is 0 Å². The number of nitriles is 1. The third-order valence-electron chi connectivity index (χ3n) is 1.88. The molecule has 1 rings (SSSR count). The second kappa shape index (κ2) is 3.91. The van der Waals surface area contributed by atoms with E-state index in [-0.39, 0.29) is 12.3 Å². The molecule has 0 aromatic rings. The molecule has 0 aromatic carbocycles. The van der Waals surface area contributed by atoms with Gasteiger partial charge < -0.3 is 4.90 Å². The summed E-state index contributed by atoms with van der Waals surface area (Å²) in [5.74, 6) is 0.357. The molecule has 0 aliphatic carbocycles. The van der Waals surface area contributed by atoms with Crippen LogP contribution in [0.4, 0.5) is 0 Å². The molecule has 12 heavy (non-hydrogen) atoms. The fraction of sp³-hybridized carbons (Fsp3) is 0.556. The lowest BCUT2D eigenvalue weighted by Gasteiger charge is -2.26. The van der Waals surface area contributed by atoms with Crippen LogP contribution in [0.2, 0.25) is 0 Å². The molecule has 1 aliphatic rings. The van der Waals surface area contributed by atoms with E-state index in [2.05, 4.69) is 13.0 Å². The van der Waals surface area contributed by atoms with Crippen molar-refractivity contribution in [3.63, 3.8) is 0 Å². The summed E-state index contributed by atoms with van der Waals surface area (Å²) in [6, 6.07) is 1.86. The van der Waals surface area contributed by atoms with Crippen LogP contribution in [0.1, 0.15) is 13.3 Å². The lowest BCUT2D eigenvalue weighted by molar-refractivity contribution is -0.130. The highest BCUT2D eigenvalue weighted by atomic mass is 16.2. The van der Waals surface area contributed by atoms with E-state index in [1.165, 1.54) is 0 Å². The van der Waals surface area contributed by atoms with E-state index in [0.29, 0.717) is 12.5 Å². The van der Waals surface area contributed by atoms with Crippen LogP contribution < -0.4 is 0 Å². The van der Waals surface area contributed by atoms with Crippen LogP contribution in [-0.4, -0.2) is 23.9 Å². The topological polar surface area (TPSA) is 44.1 Å². The van der Waals surface area contributed by atoms with Crippen LogP contribution in [0, 0.1) is 17.2 Å². The maximum Gasteiger partial charge on any atom is 0.237 e. The van der Waals surface area contributed by atoms with Crippen LogP contribution >= 0.6 is 0 Å². The number of nitrogens with zero attached hydrogens (tertiary/aromatic N) is 2. The van der Waals surface area contributed by atoms with Crippen molar-refractivity contribution in [3.05, 3.63) is 12.2 Å². The fourth-order valence-electron chi connectivity index (χ4n) is 1.29. The van der Waals surface area contributed by atoms with Gasteiger partial charge in [0.25, 0.3) is 0 Å². The minimum Gasteiger partial charge on any atom is -0.338 e. The quantitative estimate of drug-likeness (QED) is 0.541. The summed E-state index contributed by atoms with van der Waals surface area (Å²) in [6.07, 6.45) is 4.07. The smallest absolute Gasteiger partial charge is 0.237 e. The normalized spacial score (nSPS) is 22.0. The van der Waals surface area contributed by atoms with E-state index >= 15 is 0 Å². The van der Waals surface area contributed by atoms with Crippen molar-refractivity contribution in [3.8, 4) is 6.07 Å². The second-order valence-corrected chi connectivity index (χ2v) is 3.04. The Morgan fingerprint density at radius 1 is 1.83 bits per heavy atom. The minimum absolute atomic E-state index is 0.000556. The van der Waals surface area contributed by atoms with Gasteiger partial charge in [-0.05, 0) is 5.92 Å². The van der Waals surface area contributed by atoms with Crippen LogP contribution in [-0.2, 0) is 4.79 Å². The molecule has 1 heterocycles. The Labute approximate surface area is 72.3 Å². The van der Waals surface area contributed by atoms with Crippen molar-refractivity contribution in [1.82, 2.24) is 4.90 Å². The van der Waals surface area contributed by atoms with E-state index in [1.54, 1.807) is 4.90 Å². The number of amides is 1. The monoisotopic (exact) mass is 164 g/mol. The summed E-state index contributed by atoms with van der Waals surface area (Å²) in [7, 11) is 0. The summed E-state index contributed by atoms with van der Waals surface area (Å²) in [6.45, 7) is 3.46. The Morgan fingerprint density at radius 2 is 2.58 bits per heavy atom. The first-order chi connectivity index (χ1) is 5.74. The first kappa shape index (κ1) is 8.79. The van der Waals surface area contributed by atoms with Crippen molar-refractivity contribution in [2.24, 2.45) is 5.92 Å². The van der Waals surface area contributed by atoms with Gasteiger partial charge in [0.05, 0.1) is 6.07 Å². The zero-order valence-corrected chi connectivity index (χ0v) is 7.16. The van der Waals surface area contributed by atoms with Gasteiger partial charge in [0.1, 0.15) is 6.42 Å². The molecule has 0 fully saturated rings. The van der Waals surface area contributed by atoms with Gasteiger partial charge >= 0.3 is 0 Å². The highest BCUT2D eigenvalue weighted by Gasteiger charge is 2.16. The first-order valence-electron chi connectivity index (χ1n) is 4.05. The lowest BCUT2D eigenvalue weighted by Crippen LogP contribution is -2.36. The molecule has 1 amide bonds. The predicted molar refractivity (Wildman–Crippen MR) is 45.1 cm³/mol. The number of hydrogen-bond donors (Lipinski definition) is 0. The van der Waals surface area contributed by atoms with Gasteiger partial charge in [-0.15, -0.1) is 0 Å².